The first-order valence-electron chi connectivity index (χ1n) is 5.12. The van der Waals surface area contributed by atoms with Gasteiger partial charge in [-0.25, -0.2) is 0 Å². The number of aromatic hydroxyl groups is 1. The van der Waals surface area contributed by atoms with Gasteiger partial charge in [0.05, 0.1) is 18.7 Å². The van der Waals surface area contributed by atoms with Crippen LogP contribution in [0.3, 0.4) is 0 Å². The molecule has 0 unspecified atom stereocenters. The van der Waals surface area contributed by atoms with E-state index in [1.807, 2.05) is 35.9 Å². The van der Waals surface area contributed by atoms with Gasteiger partial charge in [0.15, 0.2) is 0 Å². The van der Waals surface area contributed by atoms with Crippen molar-refractivity contribution in [3.63, 3.8) is 0 Å². The van der Waals surface area contributed by atoms with E-state index in [1.54, 1.807) is 6.21 Å². The lowest BCUT2D eigenvalue weighted by Crippen LogP contribution is -1.96. The summed E-state index contributed by atoms with van der Waals surface area (Å²) >= 11 is 0. The first-order valence-corrected chi connectivity index (χ1v) is 5.12. The third-order valence-corrected chi connectivity index (χ3v) is 2.57. The minimum atomic E-state index is 0.0151. The number of aliphatic hydroxyl groups excluding tert-OH is 1. The second-order valence-electron chi connectivity index (χ2n) is 3.57. The van der Waals surface area contributed by atoms with E-state index in [2.05, 4.69) is 4.99 Å². The highest BCUT2D eigenvalue weighted by molar-refractivity contribution is 5.97. The molecule has 16 heavy (non-hydrogen) atoms. The number of rotatable bonds is 3. The average molecular weight is 218 g/mol. The Morgan fingerprint density at radius 1 is 1.38 bits per heavy atom. The molecule has 0 aliphatic heterocycles. The molecule has 4 heteroatoms. The topological polar surface area (TPSA) is 57.8 Å². The van der Waals surface area contributed by atoms with Crippen LogP contribution in [0.15, 0.2) is 29.3 Å². The highest BCUT2D eigenvalue weighted by Crippen LogP contribution is 2.29. The number of nitrogens with zero attached hydrogens (tertiary/aromatic N) is 2. The van der Waals surface area contributed by atoms with Gasteiger partial charge < -0.3 is 14.8 Å². The summed E-state index contributed by atoms with van der Waals surface area (Å²) in [5.41, 5.74) is 1.63. The summed E-state index contributed by atoms with van der Waals surface area (Å²) < 4.78 is 1.88. The SMILES string of the molecule is Cn1c(C=NCCO)c(O)c2ccccc21. The van der Waals surface area contributed by atoms with Crippen molar-refractivity contribution in [2.45, 2.75) is 0 Å². The Morgan fingerprint density at radius 3 is 2.81 bits per heavy atom. The maximum Gasteiger partial charge on any atom is 0.150 e. The molecule has 0 saturated carbocycles. The monoisotopic (exact) mass is 218 g/mol. The molecule has 1 aromatic carbocycles. The molecule has 0 bridgehead atoms. The lowest BCUT2D eigenvalue weighted by atomic mass is 10.2. The Bertz CT molecular complexity index is 490. The van der Waals surface area contributed by atoms with E-state index in [0.717, 1.165) is 10.9 Å². The molecule has 0 spiro atoms. The van der Waals surface area contributed by atoms with Crippen LogP contribution >= 0.6 is 0 Å². The van der Waals surface area contributed by atoms with Crippen LogP contribution in [-0.2, 0) is 7.05 Å². The van der Waals surface area contributed by atoms with Crippen LogP contribution < -0.4 is 0 Å². The van der Waals surface area contributed by atoms with Gasteiger partial charge in [-0.3, -0.25) is 4.99 Å². The summed E-state index contributed by atoms with van der Waals surface area (Å²) in [5.74, 6) is 0.236. The van der Waals surface area contributed by atoms with E-state index in [9.17, 15) is 5.11 Å². The fourth-order valence-electron chi connectivity index (χ4n) is 1.75. The number of hydrogen-bond donors (Lipinski definition) is 2. The van der Waals surface area contributed by atoms with Gasteiger partial charge >= 0.3 is 0 Å². The number of aliphatic imine (C=N–C) groups is 1. The van der Waals surface area contributed by atoms with Crippen molar-refractivity contribution in [1.29, 1.82) is 0 Å². The summed E-state index contributed by atoms with van der Waals surface area (Å²) in [6.45, 7) is 0.363. The molecule has 0 aliphatic carbocycles. The van der Waals surface area contributed by atoms with Crippen molar-refractivity contribution >= 4 is 17.1 Å². The highest BCUT2D eigenvalue weighted by Gasteiger charge is 2.11. The Balaban J connectivity index is 2.53. The number of aromatic nitrogens is 1. The van der Waals surface area contributed by atoms with Crippen molar-refractivity contribution in [2.24, 2.45) is 12.0 Å². The molecule has 0 radical (unpaired) electrons. The molecule has 0 atom stereocenters. The molecule has 0 aliphatic rings. The van der Waals surface area contributed by atoms with E-state index in [4.69, 9.17) is 5.11 Å². The maximum atomic E-state index is 10.00. The Kier molecular flexibility index (Phi) is 2.92. The predicted octanol–water partition coefficient (Wildman–Crippen LogP) is 1.30. The van der Waals surface area contributed by atoms with E-state index in [-0.39, 0.29) is 12.4 Å². The van der Waals surface area contributed by atoms with E-state index in [1.165, 1.54) is 0 Å². The molecule has 4 nitrogen and oxygen atoms in total. The zero-order valence-electron chi connectivity index (χ0n) is 9.09. The number of fused-ring (bicyclic) bond motifs is 1. The van der Waals surface area contributed by atoms with E-state index >= 15 is 0 Å². The molecule has 1 heterocycles. The standard InChI is InChI=1S/C12H14N2O2/c1-14-10-5-3-2-4-9(10)12(16)11(14)8-13-6-7-15/h2-5,8,15-16H,6-7H2,1H3. The van der Waals surface area contributed by atoms with Crippen LogP contribution in [0.2, 0.25) is 0 Å². The first kappa shape index (κ1) is 10.7. The maximum absolute atomic E-state index is 10.00. The number of benzene rings is 1. The zero-order chi connectivity index (χ0) is 11.5. The molecule has 0 amide bonds. The third kappa shape index (κ3) is 1.67. The summed E-state index contributed by atoms with van der Waals surface area (Å²) in [5, 5.41) is 19.4. The van der Waals surface area contributed by atoms with Crippen LogP contribution in [-0.4, -0.2) is 34.1 Å². The summed E-state index contributed by atoms with van der Waals surface area (Å²) in [6, 6.07) is 7.62. The van der Waals surface area contributed by atoms with E-state index in [0.29, 0.717) is 12.2 Å². The van der Waals surface area contributed by atoms with Gasteiger partial charge in [-0.05, 0) is 12.1 Å². The van der Waals surface area contributed by atoms with Gasteiger partial charge in [-0.2, -0.15) is 0 Å². The molecule has 0 fully saturated rings. The Hall–Kier alpha value is -1.81. The van der Waals surface area contributed by atoms with Gasteiger partial charge in [0.25, 0.3) is 0 Å². The molecule has 0 saturated heterocycles. The number of aryl methyl sites for hydroxylation is 1. The van der Waals surface area contributed by atoms with Crippen molar-refractivity contribution in [2.75, 3.05) is 13.2 Å². The minimum absolute atomic E-state index is 0.0151. The van der Waals surface area contributed by atoms with Crippen LogP contribution in [0.4, 0.5) is 0 Å². The molecule has 2 N–H and O–H groups in total. The second kappa shape index (κ2) is 4.37. The van der Waals surface area contributed by atoms with Crippen LogP contribution in [0.1, 0.15) is 5.69 Å². The molecule has 84 valence electrons. The Labute approximate surface area is 93.5 Å². The number of hydrogen-bond acceptors (Lipinski definition) is 3. The van der Waals surface area contributed by atoms with Gasteiger partial charge in [-0.15, -0.1) is 0 Å². The summed E-state index contributed by atoms with van der Waals surface area (Å²) in [6.07, 6.45) is 1.59. The summed E-state index contributed by atoms with van der Waals surface area (Å²) in [7, 11) is 1.88. The normalized spacial score (nSPS) is 11.6. The largest absolute Gasteiger partial charge is 0.505 e. The lowest BCUT2D eigenvalue weighted by Gasteiger charge is -1.97. The smallest absolute Gasteiger partial charge is 0.150 e. The van der Waals surface area contributed by atoms with Crippen LogP contribution in [0.25, 0.3) is 10.9 Å². The summed E-state index contributed by atoms with van der Waals surface area (Å²) in [4.78, 5) is 4.02. The van der Waals surface area contributed by atoms with Gasteiger partial charge in [0.1, 0.15) is 11.4 Å². The van der Waals surface area contributed by atoms with Crippen LogP contribution in [0.5, 0.6) is 5.75 Å². The number of aliphatic hydroxyl groups is 1. The third-order valence-electron chi connectivity index (χ3n) is 2.57. The van der Waals surface area contributed by atoms with Gasteiger partial charge in [-0.1, -0.05) is 12.1 Å². The van der Waals surface area contributed by atoms with Crippen molar-refractivity contribution in [3.05, 3.63) is 30.0 Å². The second-order valence-corrected chi connectivity index (χ2v) is 3.57. The average Bonchev–Trinajstić information content (AvgIpc) is 2.55. The molecule has 2 rings (SSSR count). The predicted molar refractivity (Wildman–Crippen MR) is 64.1 cm³/mol. The van der Waals surface area contributed by atoms with Crippen LogP contribution in [0, 0.1) is 0 Å². The van der Waals surface area contributed by atoms with Crippen molar-refractivity contribution in [1.82, 2.24) is 4.57 Å². The van der Waals surface area contributed by atoms with Gasteiger partial charge in [0, 0.05) is 18.6 Å². The zero-order valence-corrected chi connectivity index (χ0v) is 9.09. The highest BCUT2D eigenvalue weighted by atomic mass is 16.3. The molecular formula is C12H14N2O2. The first-order chi connectivity index (χ1) is 7.75. The lowest BCUT2D eigenvalue weighted by molar-refractivity contribution is 0.307. The quantitative estimate of drug-likeness (QED) is 0.763. The molecular weight excluding hydrogens is 204 g/mol. The van der Waals surface area contributed by atoms with E-state index < -0.39 is 0 Å². The fourth-order valence-corrected chi connectivity index (χ4v) is 1.75. The van der Waals surface area contributed by atoms with Gasteiger partial charge in [0.2, 0.25) is 0 Å². The Morgan fingerprint density at radius 2 is 2.12 bits per heavy atom. The van der Waals surface area contributed by atoms with Crippen molar-refractivity contribution in [3.8, 4) is 5.75 Å². The van der Waals surface area contributed by atoms with Crippen molar-refractivity contribution < 1.29 is 10.2 Å². The minimum Gasteiger partial charge on any atom is -0.505 e. The molecule has 1 aromatic heterocycles. The molecule has 2 aromatic rings. The number of para-hydroxylation sites is 1. The fraction of sp³-hybridized carbons (Fsp3) is 0.250.